The van der Waals surface area contributed by atoms with Crippen LogP contribution >= 0.6 is 0 Å². The van der Waals surface area contributed by atoms with Crippen LogP contribution in [0.5, 0.6) is 0 Å². The molecule has 6 nitrogen and oxygen atoms in total. The van der Waals surface area contributed by atoms with Crippen molar-refractivity contribution in [3.05, 3.63) is 0 Å². The number of rotatable bonds is 20. The third-order valence-corrected chi connectivity index (χ3v) is 32.8. The summed E-state index contributed by atoms with van der Waals surface area (Å²) >= 11 is 0. The Hall–Kier alpha value is -0.672. The maximum Gasteiger partial charge on any atom is 0.438 e. The Morgan fingerprint density at radius 1 is 0.518 bits per heavy atom. The highest BCUT2D eigenvalue weighted by Gasteiger charge is 2.70. The minimum absolute atomic E-state index is 0.0333. The topological polar surface area (TPSA) is 66.4 Å². The monoisotopic (exact) mass is 1250 g/mol. The zero-order valence-corrected chi connectivity index (χ0v) is 61.4. The van der Waals surface area contributed by atoms with E-state index in [4.69, 9.17) is 28.9 Å². The number of alkyl halides is 6. The van der Waals surface area contributed by atoms with E-state index in [9.17, 15) is 31.4 Å². The van der Waals surface area contributed by atoms with Crippen LogP contribution in [-0.4, -0.2) is 93.0 Å². The van der Waals surface area contributed by atoms with Crippen LogP contribution in [0.25, 0.3) is 0 Å². The highest BCUT2D eigenvalue weighted by molar-refractivity contribution is 6.74. The van der Waals surface area contributed by atoms with Crippen molar-refractivity contribution in [3.8, 4) is 24.2 Å². The molecule has 83 heavy (non-hydrogen) atoms. The molecule has 1 aliphatic heterocycles. The summed E-state index contributed by atoms with van der Waals surface area (Å²) in [6.45, 7) is 56.3. The lowest BCUT2D eigenvalue weighted by Gasteiger charge is -2.52. The van der Waals surface area contributed by atoms with Gasteiger partial charge in [-0.15, -0.1) is 12.3 Å². The predicted octanol–water partition coefficient (Wildman–Crippen LogP) is 20.9. The van der Waals surface area contributed by atoms with E-state index in [1.54, 1.807) is 0 Å². The second-order valence-electron chi connectivity index (χ2n) is 34.0. The molecule has 1 N–H and O–H groups in total. The molecule has 0 aromatic rings. The SMILES string of the molecule is C#CCC(C)(CCCC(C)(C)O[Si](C)(C)C)[C@H]1CCC2[C@@H](O[Si](C)(C)C(C)(C)C)CCC[C@@]21C.C1CCOC1.CC(C)(CCCC(C)(CC#CC(O)(C(F)(F)F)C(F)(F)F)[C@H]1CCC2[C@@H](O[Si](C)(C)C(C)(C)C)CCC[C@@]21C)O[Si](C)(C)C. The van der Waals surface area contributed by atoms with E-state index >= 15 is 0 Å². The first-order valence-electron chi connectivity index (χ1n) is 32.3. The molecular formula is C67H124F6O6Si4. The maximum atomic E-state index is 13.4. The van der Waals surface area contributed by atoms with Crippen molar-refractivity contribution in [2.45, 2.75) is 342 Å². The normalized spacial score (nSPS) is 28.5. The standard InChI is InChI=1S/C33H58F6O3Si2.C30H58O2Si2.C4H8O/c1-27(2,3)44(11,12)41-25-16-13-22-30(7)24(25)17-18-26(30)29(6,20-14-19-28(4,5)42-43(8,9)10)21-15-23-31(40,32(34,35)36)33(37,38)39;1-14-20-29(7,22-16-21-28(5,6)32-33(9,10)11)26-19-18-24-25(17-15-23-30(24,26)8)31-34(12,13)27(2,3)4;1-2-4-5-3-1/h24-26,40H,13-14,16-22H2,1-12H3;1,24-26H,15-23H2,2-13H3;1-4H2/t2*24?,25-,26+,29?,30-;/m00./s1. The van der Waals surface area contributed by atoms with Gasteiger partial charge in [0.05, 0.1) is 11.2 Å². The highest BCUT2D eigenvalue weighted by Crippen LogP contribution is 2.65. The summed E-state index contributed by atoms with van der Waals surface area (Å²) in [5, 5.41) is 10.0. The van der Waals surface area contributed by atoms with Crippen LogP contribution in [0, 0.1) is 69.5 Å². The molecule has 0 aromatic carbocycles. The van der Waals surface area contributed by atoms with Gasteiger partial charge in [-0.2, -0.15) is 26.3 Å². The van der Waals surface area contributed by atoms with Crippen LogP contribution in [0.1, 0.15) is 225 Å². The molecule has 4 saturated carbocycles. The van der Waals surface area contributed by atoms with Gasteiger partial charge in [0, 0.05) is 38.3 Å². The molecule has 0 spiro atoms. The number of terminal acetylenes is 1. The van der Waals surface area contributed by atoms with Gasteiger partial charge in [0.25, 0.3) is 0 Å². The fraction of sp³-hybridized carbons (Fsp3) is 0.940. The zero-order valence-electron chi connectivity index (χ0n) is 57.4. The number of ether oxygens (including phenoxy) is 1. The summed E-state index contributed by atoms with van der Waals surface area (Å²) in [6.07, 6.45) is 14.4. The average molecular weight is 1250 g/mol. The number of hydrogen-bond donors (Lipinski definition) is 1. The Morgan fingerprint density at radius 2 is 0.867 bits per heavy atom. The second-order valence-corrected chi connectivity index (χ2v) is 52.3. The molecule has 16 heteroatoms. The molecule has 0 radical (unpaired) electrons. The van der Waals surface area contributed by atoms with Gasteiger partial charge in [-0.3, -0.25) is 0 Å². The zero-order chi connectivity index (χ0) is 64.2. The Balaban J connectivity index is 0.000000411. The van der Waals surface area contributed by atoms with Crippen LogP contribution in [0.2, 0.25) is 75.5 Å². The first-order chi connectivity index (χ1) is 37.2. The van der Waals surface area contributed by atoms with E-state index in [0.29, 0.717) is 42.6 Å². The highest BCUT2D eigenvalue weighted by atomic mass is 28.4. The molecule has 4 unspecified atom stereocenters. The van der Waals surface area contributed by atoms with Crippen molar-refractivity contribution < 1.29 is 53.9 Å². The van der Waals surface area contributed by atoms with Crippen LogP contribution < -0.4 is 0 Å². The van der Waals surface area contributed by atoms with Crippen molar-refractivity contribution in [3.63, 3.8) is 0 Å². The average Bonchev–Trinajstić information content (AvgIpc) is 4.16. The van der Waals surface area contributed by atoms with E-state index in [0.717, 1.165) is 58.2 Å². The van der Waals surface area contributed by atoms with E-state index in [2.05, 4.69) is 153 Å². The quantitative estimate of drug-likeness (QED) is 0.0744. The third-order valence-electron chi connectivity index (χ3n) is 21.4. The Bertz CT molecular complexity index is 2130. The summed E-state index contributed by atoms with van der Waals surface area (Å²) in [7, 11) is -7.23. The first kappa shape index (κ1) is 76.6. The molecule has 1 heterocycles. The molecule has 5 aliphatic rings. The van der Waals surface area contributed by atoms with Gasteiger partial charge in [-0.25, -0.2) is 0 Å². The van der Waals surface area contributed by atoms with E-state index in [1.165, 1.54) is 63.7 Å². The van der Waals surface area contributed by atoms with E-state index < -0.39 is 62.2 Å². The Labute approximate surface area is 509 Å². The number of aliphatic hydroxyl groups is 1. The molecule has 10 atom stereocenters. The van der Waals surface area contributed by atoms with Crippen LogP contribution in [-0.2, 0) is 22.4 Å². The van der Waals surface area contributed by atoms with E-state index in [1.807, 2.05) is 20.8 Å². The summed E-state index contributed by atoms with van der Waals surface area (Å²) in [6, 6.07) is 0. The molecular weight excluding hydrogens is 1130 g/mol. The maximum absolute atomic E-state index is 13.4. The predicted molar refractivity (Wildman–Crippen MR) is 344 cm³/mol. The summed E-state index contributed by atoms with van der Waals surface area (Å²) in [5.74, 6) is 8.26. The van der Waals surface area contributed by atoms with Crippen LogP contribution in [0.3, 0.4) is 0 Å². The minimum Gasteiger partial charge on any atom is -0.414 e. The lowest BCUT2D eigenvalue weighted by Crippen LogP contribution is -2.55. The van der Waals surface area contributed by atoms with Crippen molar-refractivity contribution in [2.24, 2.45) is 45.3 Å². The van der Waals surface area contributed by atoms with Gasteiger partial charge in [0.1, 0.15) is 0 Å². The third kappa shape index (κ3) is 20.4. The molecule has 0 aromatic heterocycles. The van der Waals surface area contributed by atoms with Crippen molar-refractivity contribution in [1.82, 2.24) is 0 Å². The summed E-state index contributed by atoms with van der Waals surface area (Å²) in [5.41, 5.74) is -5.81. The number of fused-ring (bicyclic) bond motifs is 2. The Kier molecular flexibility index (Phi) is 25.7. The smallest absolute Gasteiger partial charge is 0.414 e. The van der Waals surface area contributed by atoms with E-state index in [-0.39, 0.29) is 50.9 Å². The van der Waals surface area contributed by atoms with Gasteiger partial charge < -0.3 is 27.5 Å². The van der Waals surface area contributed by atoms with Gasteiger partial charge in [-0.1, -0.05) is 101 Å². The molecule has 5 rings (SSSR count). The van der Waals surface area contributed by atoms with Gasteiger partial charge in [0.2, 0.25) is 0 Å². The molecule has 4 aliphatic carbocycles. The molecule has 5 fully saturated rings. The first-order valence-corrected chi connectivity index (χ1v) is 44.9. The van der Waals surface area contributed by atoms with Crippen LogP contribution in [0.4, 0.5) is 26.3 Å². The van der Waals surface area contributed by atoms with Crippen molar-refractivity contribution in [2.75, 3.05) is 13.2 Å². The van der Waals surface area contributed by atoms with Gasteiger partial charge in [0.15, 0.2) is 33.3 Å². The summed E-state index contributed by atoms with van der Waals surface area (Å²) < 4.78 is 113. The van der Waals surface area contributed by atoms with Gasteiger partial charge >= 0.3 is 18.0 Å². The van der Waals surface area contributed by atoms with Crippen molar-refractivity contribution >= 4 is 33.3 Å². The largest absolute Gasteiger partial charge is 0.438 e. The van der Waals surface area contributed by atoms with Crippen LogP contribution in [0.15, 0.2) is 0 Å². The lowest BCUT2D eigenvalue weighted by atomic mass is 9.56. The number of halogens is 6. The molecule has 486 valence electrons. The fourth-order valence-electron chi connectivity index (χ4n) is 15.7. The number of hydrogen-bond acceptors (Lipinski definition) is 6. The molecule has 0 amide bonds. The summed E-state index contributed by atoms with van der Waals surface area (Å²) in [4.78, 5) is 0. The fourth-order valence-corrected chi connectivity index (χ4v) is 22.0. The molecule has 0 bridgehead atoms. The lowest BCUT2D eigenvalue weighted by molar-refractivity contribution is -0.343. The van der Waals surface area contributed by atoms with Gasteiger partial charge in [-0.05, 0) is 244 Å². The molecule has 1 saturated heterocycles. The second kappa shape index (κ2) is 27.8. The minimum atomic E-state index is -5.96. The van der Waals surface area contributed by atoms with Crippen molar-refractivity contribution in [1.29, 1.82) is 0 Å². The Morgan fingerprint density at radius 3 is 1.16 bits per heavy atom.